The van der Waals surface area contributed by atoms with Gasteiger partial charge in [0.05, 0.1) is 11.5 Å². The predicted molar refractivity (Wildman–Crippen MR) is 77.0 cm³/mol. The molecule has 0 amide bonds. The third-order valence-corrected chi connectivity index (χ3v) is 6.22. The van der Waals surface area contributed by atoms with Gasteiger partial charge in [-0.25, -0.2) is 12.8 Å². The fourth-order valence-electron chi connectivity index (χ4n) is 3.15. The zero-order valence-corrected chi connectivity index (χ0v) is 12.2. The highest BCUT2D eigenvalue weighted by atomic mass is 32.2. The first-order chi connectivity index (χ1) is 9.52. The maximum atomic E-state index is 12.9. The van der Waals surface area contributed by atoms with Crippen molar-refractivity contribution in [1.29, 1.82) is 0 Å². The van der Waals surface area contributed by atoms with Gasteiger partial charge in [0.15, 0.2) is 0 Å². The molecule has 1 aliphatic heterocycles. The van der Waals surface area contributed by atoms with Crippen LogP contribution in [-0.4, -0.2) is 32.0 Å². The van der Waals surface area contributed by atoms with E-state index in [-0.39, 0.29) is 5.82 Å². The standard InChI is InChI=1S/C15H20FNO2S/c16-13-3-1-11(2-4-13)12-9-15(10-12)17-14-5-7-20(18,19)8-6-14/h1-4,12,14-15,17H,5-10H2. The lowest BCUT2D eigenvalue weighted by molar-refractivity contribution is 0.257. The molecule has 1 aromatic carbocycles. The summed E-state index contributed by atoms with van der Waals surface area (Å²) in [6.07, 6.45) is 3.60. The van der Waals surface area contributed by atoms with E-state index in [1.165, 1.54) is 17.7 Å². The second-order valence-corrected chi connectivity index (χ2v) is 8.31. The van der Waals surface area contributed by atoms with Crippen LogP contribution in [-0.2, 0) is 9.84 Å². The fourth-order valence-corrected chi connectivity index (χ4v) is 4.64. The Kier molecular flexibility index (Phi) is 3.82. The summed E-state index contributed by atoms with van der Waals surface area (Å²) < 4.78 is 35.6. The highest BCUT2D eigenvalue weighted by molar-refractivity contribution is 7.91. The average Bonchev–Trinajstić information content (AvgIpc) is 2.37. The van der Waals surface area contributed by atoms with Crippen LogP contribution in [0.1, 0.15) is 37.2 Å². The smallest absolute Gasteiger partial charge is 0.150 e. The van der Waals surface area contributed by atoms with Crippen molar-refractivity contribution in [1.82, 2.24) is 5.32 Å². The summed E-state index contributed by atoms with van der Waals surface area (Å²) in [7, 11) is -2.77. The number of hydrogen-bond donors (Lipinski definition) is 1. The fraction of sp³-hybridized carbons (Fsp3) is 0.600. The first kappa shape index (κ1) is 14.0. The molecule has 0 spiro atoms. The Labute approximate surface area is 119 Å². The van der Waals surface area contributed by atoms with E-state index in [9.17, 15) is 12.8 Å². The van der Waals surface area contributed by atoms with Gasteiger partial charge in [0.1, 0.15) is 15.7 Å². The Balaban J connectivity index is 1.46. The van der Waals surface area contributed by atoms with Gasteiger partial charge in [0, 0.05) is 12.1 Å². The maximum Gasteiger partial charge on any atom is 0.150 e. The van der Waals surface area contributed by atoms with Crippen molar-refractivity contribution in [3.63, 3.8) is 0 Å². The van der Waals surface area contributed by atoms with E-state index >= 15 is 0 Å². The molecule has 1 saturated carbocycles. The van der Waals surface area contributed by atoms with Crippen LogP contribution in [0.2, 0.25) is 0 Å². The Morgan fingerprint density at radius 1 is 1.00 bits per heavy atom. The van der Waals surface area contributed by atoms with Crippen LogP contribution < -0.4 is 5.32 Å². The number of benzene rings is 1. The zero-order valence-electron chi connectivity index (χ0n) is 11.4. The Bertz CT molecular complexity index is 550. The van der Waals surface area contributed by atoms with Crippen molar-refractivity contribution in [2.24, 2.45) is 0 Å². The van der Waals surface area contributed by atoms with Crippen LogP contribution in [0, 0.1) is 5.82 Å². The molecule has 1 N–H and O–H groups in total. The topological polar surface area (TPSA) is 46.2 Å². The van der Waals surface area contributed by atoms with Crippen LogP contribution in [0.3, 0.4) is 0 Å². The second-order valence-electron chi connectivity index (χ2n) is 6.01. The highest BCUT2D eigenvalue weighted by Gasteiger charge is 2.33. The number of hydrogen-bond acceptors (Lipinski definition) is 3. The summed E-state index contributed by atoms with van der Waals surface area (Å²) in [5, 5.41) is 3.57. The summed E-state index contributed by atoms with van der Waals surface area (Å²) >= 11 is 0. The summed E-state index contributed by atoms with van der Waals surface area (Å²) in [5.74, 6) is 0.962. The van der Waals surface area contributed by atoms with E-state index in [4.69, 9.17) is 0 Å². The van der Waals surface area contributed by atoms with E-state index in [2.05, 4.69) is 5.32 Å². The van der Waals surface area contributed by atoms with Crippen LogP contribution in [0.15, 0.2) is 24.3 Å². The number of rotatable bonds is 3. The SMILES string of the molecule is O=S1(=O)CCC(NC2CC(c3ccc(F)cc3)C2)CC1. The van der Waals surface area contributed by atoms with Crippen molar-refractivity contribution in [2.45, 2.75) is 43.7 Å². The molecule has 3 rings (SSSR count). The van der Waals surface area contributed by atoms with Crippen LogP contribution in [0.4, 0.5) is 4.39 Å². The molecule has 1 aliphatic carbocycles. The van der Waals surface area contributed by atoms with Gasteiger partial charge in [0.2, 0.25) is 0 Å². The van der Waals surface area contributed by atoms with Crippen molar-refractivity contribution < 1.29 is 12.8 Å². The van der Waals surface area contributed by atoms with Gasteiger partial charge in [-0.05, 0) is 49.3 Å². The molecule has 0 unspecified atom stereocenters. The third kappa shape index (κ3) is 3.20. The van der Waals surface area contributed by atoms with Crippen LogP contribution in [0.25, 0.3) is 0 Å². The van der Waals surface area contributed by atoms with E-state index in [1.54, 1.807) is 0 Å². The van der Waals surface area contributed by atoms with Gasteiger partial charge < -0.3 is 5.32 Å². The highest BCUT2D eigenvalue weighted by Crippen LogP contribution is 2.37. The summed E-state index contributed by atoms with van der Waals surface area (Å²) in [6.45, 7) is 0. The summed E-state index contributed by atoms with van der Waals surface area (Å²) in [5.41, 5.74) is 1.20. The third-order valence-electron chi connectivity index (χ3n) is 4.51. The first-order valence-electron chi connectivity index (χ1n) is 7.24. The molecule has 1 saturated heterocycles. The van der Waals surface area contributed by atoms with Gasteiger partial charge in [-0.1, -0.05) is 12.1 Å². The second kappa shape index (κ2) is 5.45. The van der Waals surface area contributed by atoms with Gasteiger partial charge in [-0.15, -0.1) is 0 Å². The molecule has 0 radical (unpaired) electrons. The molecular weight excluding hydrogens is 277 g/mol. The molecule has 110 valence electrons. The molecule has 3 nitrogen and oxygen atoms in total. The zero-order chi connectivity index (χ0) is 14.2. The van der Waals surface area contributed by atoms with Crippen LogP contribution >= 0.6 is 0 Å². The number of sulfone groups is 1. The van der Waals surface area contributed by atoms with E-state index in [0.717, 1.165) is 25.7 Å². The summed E-state index contributed by atoms with van der Waals surface area (Å²) in [6, 6.07) is 7.59. The van der Waals surface area contributed by atoms with Crippen LogP contribution in [0.5, 0.6) is 0 Å². The van der Waals surface area contributed by atoms with E-state index < -0.39 is 9.84 Å². The van der Waals surface area contributed by atoms with Gasteiger partial charge in [-0.2, -0.15) is 0 Å². The monoisotopic (exact) mass is 297 g/mol. The van der Waals surface area contributed by atoms with Gasteiger partial charge >= 0.3 is 0 Å². The minimum absolute atomic E-state index is 0.189. The largest absolute Gasteiger partial charge is 0.311 e. The molecule has 2 fully saturated rings. The lowest BCUT2D eigenvalue weighted by Crippen LogP contribution is -2.48. The molecular formula is C15H20FNO2S. The molecule has 1 heterocycles. The molecule has 5 heteroatoms. The first-order valence-corrected chi connectivity index (χ1v) is 9.06. The van der Waals surface area contributed by atoms with Crippen molar-refractivity contribution >= 4 is 9.84 Å². The van der Waals surface area contributed by atoms with Crippen molar-refractivity contribution in [3.8, 4) is 0 Å². The van der Waals surface area contributed by atoms with Crippen molar-refractivity contribution in [2.75, 3.05) is 11.5 Å². The average molecular weight is 297 g/mol. The normalized spacial score (nSPS) is 29.9. The number of nitrogens with one attached hydrogen (secondary N) is 1. The minimum Gasteiger partial charge on any atom is -0.311 e. The molecule has 0 aromatic heterocycles. The predicted octanol–water partition coefficient (Wildman–Crippen LogP) is 2.24. The number of halogens is 1. The quantitative estimate of drug-likeness (QED) is 0.930. The van der Waals surface area contributed by atoms with Gasteiger partial charge in [0.25, 0.3) is 0 Å². The Morgan fingerprint density at radius 2 is 1.60 bits per heavy atom. The van der Waals surface area contributed by atoms with Crippen molar-refractivity contribution in [3.05, 3.63) is 35.6 Å². The van der Waals surface area contributed by atoms with Gasteiger partial charge in [-0.3, -0.25) is 0 Å². The molecule has 20 heavy (non-hydrogen) atoms. The molecule has 0 bridgehead atoms. The van der Waals surface area contributed by atoms with E-state index in [0.29, 0.717) is 29.5 Å². The van der Waals surface area contributed by atoms with E-state index in [1.807, 2.05) is 12.1 Å². The Morgan fingerprint density at radius 3 is 2.20 bits per heavy atom. The Hall–Kier alpha value is -0.940. The molecule has 0 atom stereocenters. The lowest BCUT2D eigenvalue weighted by atomic mass is 9.75. The maximum absolute atomic E-state index is 12.9. The molecule has 1 aromatic rings. The summed E-state index contributed by atoms with van der Waals surface area (Å²) in [4.78, 5) is 0. The molecule has 2 aliphatic rings. The lowest BCUT2D eigenvalue weighted by Gasteiger charge is -2.39. The minimum atomic E-state index is -2.77.